The molecule has 0 saturated carbocycles. The Bertz CT molecular complexity index is 362. The number of methoxy groups -OCH3 is 3. The Balaban J connectivity index is 2.63. The van der Waals surface area contributed by atoms with Gasteiger partial charge in [0, 0.05) is 7.11 Å². The maximum Gasteiger partial charge on any atom is 0.240 e. The molecule has 0 aromatic carbocycles. The van der Waals surface area contributed by atoms with E-state index < -0.39 is 6.04 Å². The first kappa shape index (κ1) is 14.6. The van der Waals surface area contributed by atoms with Crippen molar-refractivity contribution in [2.75, 3.05) is 41.2 Å². The summed E-state index contributed by atoms with van der Waals surface area (Å²) in [5.74, 6) is 0.722. The molecule has 1 atom stereocenters. The summed E-state index contributed by atoms with van der Waals surface area (Å²) in [7, 11) is 4.63. The zero-order valence-electron chi connectivity index (χ0n) is 10.9. The highest BCUT2D eigenvalue weighted by atomic mass is 16.5. The van der Waals surface area contributed by atoms with Gasteiger partial charge in [-0.25, -0.2) is 4.98 Å². The van der Waals surface area contributed by atoms with Crippen LogP contribution in [0.1, 0.15) is 11.7 Å². The second-order valence-electron chi connectivity index (χ2n) is 3.48. The van der Waals surface area contributed by atoms with Gasteiger partial charge in [-0.15, -0.1) is 0 Å². The van der Waals surface area contributed by atoms with Crippen LogP contribution in [-0.4, -0.2) is 51.1 Å². The summed E-state index contributed by atoms with van der Waals surface area (Å²) in [6, 6.07) is -0.407. The van der Waals surface area contributed by atoms with E-state index >= 15 is 0 Å². The van der Waals surface area contributed by atoms with Gasteiger partial charge in [-0.2, -0.15) is 4.98 Å². The Morgan fingerprint density at radius 2 is 2.00 bits per heavy atom. The highest BCUT2D eigenvalue weighted by molar-refractivity contribution is 5.25. The smallest absolute Gasteiger partial charge is 0.240 e. The molecule has 1 rings (SSSR count). The van der Waals surface area contributed by atoms with Crippen LogP contribution in [0.15, 0.2) is 6.20 Å². The standard InChI is InChI=1S/C11H19N3O4/c1-15-4-5-18-7-8(12)10-11(17-3)14-9(16-2)6-13-10/h6,8H,4-5,7,12H2,1-3H3. The first-order chi connectivity index (χ1) is 8.72. The predicted octanol–water partition coefficient (Wildman–Crippen LogP) is 0.157. The normalized spacial score (nSPS) is 12.2. The molecule has 0 aliphatic heterocycles. The maximum atomic E-state index is 5.96. The zero-order valence-corrected chi connectivity index (χ0v) is 10.9. The second-order valence-corrected chi connectivity index (χ2v) is 3.48. The lowest BCUT2D eigenvalue weighted by atomic mass is 10.2. The molecule has 0 saturated heterocycles. The summed E-state index contributed by atoms with van der Waals surface area (Å²) in [5, 5.41) is 0. The molecule has 0 aliphatic rings. The van der Waals surface area contributed by atoms with Gasteiger partial charge in [0.2, 0.25) is 11.8 Å². The third-order valence-electron chi connectivity index (χ3n) is 2.23. The minimum atomic E-state index is -0.407. The fraction of sp³-hybridized carbons (Fsp3) is 0.636. The number of aromatic nitrogens is 2. The average molecular weight is 257 g/mol. The molecule has 2 N–H and O–H groups in total. The van der Waals surface area contributed by atoms with Gasteiger partial charge in [0.25, 0.3) is 0 Å². The van der Waals surface area contributed by atoms with Gasteiger partial charge in [0.1, 0.15) is 5.69 Å². The number of rotatable bonds is 8. The molecule has 0 bridgehead atoms. The van der Waals surface area contributed by atoms with Crippen LogP contribution in [0.25, 0.3) is 0 Å². The van der Waals surface area contributed by atoms with Gasteiger partial charge in [0.05, 0.1) is 46.3 Å². The Kier molecular flexibility index (Phi) is 6.34. The largest absolute Gasteiger partial charge is 0.480 e. The van der Waals surface area contributed by atoms with Crippen molar-refractivity contribution in [1.82, 2.24) is 9.97 Å². The summed E-state index contributed by atoms with van der Waals surface area (Å²) in [5.41, 5.74) is 6.49. The van der Waals surface area contributed by atoms with Crippen molar-refractivity contribution in [2.24, 2.45) is 5.73 Å². The lowest BCUT2D eigenvalue weighted by molar-refractivity contribution is 0.0627. The van der Waals surface area contributed by atoms with E-state index in [4.69, 9.17) is 24.7 Å². The van der Waals surface area contributed by atoms with Crippen LogP contribution in [0.4, 0.5) is 0 Å². The number of ether oxygens (including phenoxy) is 4. The summed E-state index contributed by atoms with van der Waals surface area (Å²) >= 11 is 0. The summed E-state index contributed by atoms with van der Waals surface area (Å²) < 4.78 is 20.3. The van der Waals surface area contributed by atoms with E-state index in [1.807, 2.05) is 0 Å². The first-order valence-corrected chi connectivity index (χ1v) is 5.50. The van der Waals surface area contributed by atoms with Crippen molar-refractivity contribution in [1.29, 1.82) is 0 Å². The van der Waals surface area contributed by atoms with Crippen LogP contribution < -0.4 is 15.2 Å². The van der Waals surface area contributed by atoms with E-state index in [0.717, 1.165) is 0 Å². The Morgan fingerprint density at radius 1 is 1.22 bits per heavy atom. The molecule has 1 heterocycles. The summed E-state index contributed by atoms with van der Waals surface area (Å²) in [6.45, 7) is 1.33. The monoisotopic (exact) mass is 257 g/mol. The van der Waals surface area contributed by atoms with Crippen molar-refractivity contribution < 1.29 is 18.9 Å². The van der Waals surface area contributed by atoms with Crippen LogP contribution in [-0.2, 0) is 9.47 Å². The van der Waals surface area contributed by atoms with Crippen molar-refractivity contribution in [3.63, 3.8) is 0 Å². The van der Waals surface area contributed by atoms with Crippen LogP contribution >= 0.6 is 0 Å². The predicted molar refractivity (Wildman–Crippen MR) is 64.8 cm³/mol. The highest BCUT2D eigenvalue weighted by Gasteiger charge is 2.16. The van der Waals surface area contributed by atoms with E-state index in [-0.39, 0.29) is 0 Å². The van der Waals surface area contributed by atoms with E-state index in [0.29, 0.717) is 37.3 Å². The molecule has 7 nitrogen and oxygen atoms in total. The average Bonchev–Trinajstić information content (AvgIpc) is 2.42. The molecule has 0 fully saturated rings. The lowest BCUT2D eigenvalue weighted by Crippen LogP contribution is -2.21. The molecule has 0 spiro atoms. The fourth-order valence-corrected chi connectivity index (χ4v) is 1.30. The lowest BCUT2D eigenvalue weighted by Gasteiger charge is -2.14. The molecular weight excluding hydrogens is 238 g/mol. The Morgan fingerprint density at radius 3 is 2.61 bits per heavy atom. The molecule has 102 valence electrons. The van der Waals surface area contributed by atoms with Gasteiger partial charge >= 0.3 is 0 Å². The second kappa shape index (κ2) is 7.80. The van der Waals surface area contributed by atoms with E-state index in [2.05, 4.69) is 9.97 Å². The molecule has 0 radical (unpaired) electrons. The molecule has 18 heavy (non-hydrogen) atoms. The minimum Gasteiger partial charge on any atom is -0.480 e. The number of hydrogen-bond acceptors (Lipinski definition) is 7. The summed E-state index contributed by atoms with van der Waals surface area (Å²) in [4.78, 5) is 8.28. The maximum absolute atomic E-state index is 5.96. The Labute approximate surface area is 106 Å². The van der Waals surface area contributed by atoms with Crippen LogP contribution in [0.2, 0.25) is 0 Å². The molecule has 0 amide bonds. The quantitative estimate of drug-likeness (QED) is 0.663. The van der Waals surface area contributed by atoms with Gasteiger partial charge < -0.3 is 24.7 Å². The van der Waals surface area contributed by atoms with Crippen molar-refractivity contribution in [2.45, 2.75) is 6.04 Å². The molecule has 7 heteroatoms. The molecule has 1 unspecified atom stereocenters. The van der Waals surface area contributed by atoms with Crippen LogP contribution in [0.3, 0.4) is 0 Å². The van der Waals surface area contributed by atoms with E-state index in [9.17, 15) is 0 Å². The van der Waals surface area contributed by atoms with Gasteiger partial charge in [-0.1, -0.05) is 0 Å². The number of nitrogens with two attached hydrogens (primary N) is 1. The highest BCUT2D eigenvalue weighted by Crippen LogP contribution is 2.21. The van der Waals surface area contributed by atoms with Gasteiger partial charge in [-0.3, -0.25) is 0 Å². The van der Waals surface area contributed by atoms with Gasteiger partial charge in [-0.05, 0) is 0 Å². The Hall–Kier alpha value is -1.44. The van der Waals surface area contributed by atoms with E-state index in [1.54, 1.807) is 7.11 Å². The number of nitrogens with zero attached hydrogens (tertiary/aromatic N) is 2. The third kappa shape index (κ3) is 4.10. The molecule has 1 aromatic heterocycles. The topological polar surface area (TPSA) is 88.7 Å². The number of hydrogen-bond donors (Lipinski definition) is 1. The van der Waals surface area contributed by atoms with Crippen molar-refractivity contribution in [3.05, 3.63) is 11.9 Å². The first-order valence-electron chi connectivity index (χ1n) is 5.50. The van der Waals surface area contributed by atoms with Crippen molar-refractivity contribution >= 4 is 0 Å². The van der Waals surface area contributed by atoms with Crippen LogP contribution in [0.5, 0.6) is 11.8 Å². The molecule has 0 aliphatic carbocycles. The molecular formula is C11H19N3O4. The minimum absolute atomic E-state index is 0.320. The van der Waals surface area contributed by atoms with Crippen LogP contribution in [0, 0.1) is 0 Å². The van der Waals surface area contributed by atoms with Crippen molar-refractivity contribution in [3.8, 4) is 11.8 Å². The van der Waals surface area contributed by atoms with E-state index in [1.165, 1.54) is 20.4 Å². The van der Waals surface area contributed by atoms with Gasteiger partial charge in [0.15, 0.2) is 0 Å². The third-order valence-corrected chi connectivity index (χ3v) is 2.23. The fourth-order valence-electron chi connectivity index (χ4n) is 1.30. The SMILES string of the molecule is COCCOCC(N)c1ncc(OC)nc1OC. The summed E-state index contributed by atoms with van der Waals surface area (Å²) in [6.07, 6.45) is 1.49. The molecule has 1 aromatic rings. The zero-order chi connectivity index (χ0) is 13.4.